The van der Waals surface area contributed by atoms with Crippen molar-refractivity contribution in [3.05, 3.63) is 59.2 Å². The van der Waals surface area contributed by atoms with E-state index >= 15 is 0 Å². The number of benzene rings is 2. The van der Waals surface area contributed by atoms with E-state index in [0.29, 0.717) is 12.2 Å². The van der Waals surface area contributed by atoms with Crippen LogP contribution in [0.25, 0.3) is 0 Å². The highest BCUT2D eigenvalue weighted by Gasteiger charge is 2.46. The summed E-state index contributed by atoms with van der Waals surface area (Å²) in [5.74, 6) is 1.54. The molecule has 2 aromatic rings. The first-order chi connectivity index (χ1) is 11.6. The van der Waals surface area contributed by atoms with Gasteiger partial charge in [-0.1, -0.05) is 43.7 Å². The highest BCUT2D eigenvalue weighted by Crippen LogP contribution is 2.52. The predicted molar refractivity (Wildman–Crippen MR) is 93.4 cm³/mol. The van der Waals surface area contributed by atoms with Crippen molar-refractivity contribution >= 4 is 0 Å². The van der Waals surface area contributed by atoms with Gasteiger partial charge in [0.1, 0.15) is 17.6 Å². The third-order valence-corrected chi connectivity index (χ3v) is 5.58. The molecule has 1 fully saturated rings. The van der Waals surface area contributed by atoms with E-state index in [0.717, 1.165) is 48.1 Å². The Morgan fingerprint density at radius 2 is 2.00 bits per heavy atom. The summed E-state index contributed by atoms with van der Waals surface area (Å²) in [6.45, 7) is 2.10. The van der Waals surface area contributed by atoms with Gasteiger partial charge in [-0.3, -0.25) is 0 Å². The van der Waals surface area contributed by atoms with E-state index in [-0.39, 0.29) is 12.0 Å². The average molecular weight is 324 g/mol. The van der Waals surface area contributed by atoms with E-state index < -0.39 is 5.60 Å². The van der Waals surface area contributed by atoms with Crippen LogP contribution in [0.1, 0.15) is 55.2 Å². The van der Waals surface area contributed by atoms with E-state index in [1.54, 1.807) is 0 Å². The molecule has 1 aliphatic heterocycles. The molecule has 0 aromatic heterocycles. The van der Waals surface area contributed by atoms with Gasteiger partial charge in [0.2, 0.25) is 0 Å². The van der Waals surface area contributed by atoms with Crippen molar-refractivity contribution < 1.29 is 14.9 Å². The Hall–Kier alpha value is -2.00. The highest BCUT2D eigenvalue weighted by molar-refractivity contribution is 5.51. The fourth-order valence-corrected chi connectivity index (χ4v) is 4.30. The molecule has 126 valence electrons. The number of aryl methyl sites for hydroxylation is 1. The van der Waals surface area contributed by atoms with Gasteiger partial charge in [-0.2, -0.15) is 0 Å². The first kappa shape index (κ1) is 15.5. The lowest BCUT2D eigenvalue weighted by Gasteiger charge is -2.38. The summed E-state index contributed by atoms with van der Waals surface area (Å²) >= 11 is 0. The molecule has 3 atom stereocenters. The zero-order valence-corrected chi connectivity index (χ0v) is 14.0. The zero-order chi connectivity index (χ0) is 16.7. The molecule has 1 heterocycles. The van der Waals surface area contributed by atoms with Crippen LogP contribution in [0.4, 0.5) is 0 Å². The number of ether oxygens (including phenoxy) is 1. The molecule has 0 spiro atoms. The molecule has 0 unspecified atom stereocenters. The molecule has 1 saturated carbocycles. The summed E-state index contributed by atoms with van der Waals surface area (Å²) in [5.41, 5.74) is 2.21. The number of aromatic hydroxyl groups is 1. The first-order valence-corrected chi connectivity index (χ1v) is 8.91. The summed E-state index contributed by atoms with van der Waals surface area (Å²) in [6.07, 6.45) is 4.02. The van der Waals surface area contributed by atoms with Crippen LogP contribution < -0.4 is 4.74 Å². The van der Waals surface area contributed by atoms with Gasteiger partial charge in [0.15, 0.2) is 0 Å². The van der Waals surface area contributed by atoms with Gasteiger partial charge in [0, 0.05) is 17.9 Å². The average Bonchev–Trinajstić information content (AvgIpc) is 2.92. The van der Waals surface area contributed by atoms with Crippen LogP contribution in [0.5, 0.6) is 11.5 Å². The normalized spacial score (nSPS) is 28.1. The molecule has 3 nitrogen and oxygen atoms in total. The molecule has 0 radical (unpaired) electrons. The second-order valence-electron chi connectivity index (χ2n) is 7.17. The number of hydrogen-bond acceptors (Lipinski definition) is 3. The minimum absolute atomic E-state index is 0.0183. The Kier molecular flexibility index (Phi) is 3.76. The number of phenols is 1. The van der Waals surface area contributed by atoms with E-state index in [9.17, 15) is 10.2 Å². The maximum Gasteiger partial charge on any atom is 0.123 e. The van der Waals surface area contributed by atoms with Crippen molar-refractivity contribution in [3.63, 3.8) is 0 Å². The summed E-state index contributed by atoms with van der Waals surface area (Å²) in [6, 6.07) is 13.8. The number of phenolic OH excluding ortho intramolecular Hbond substituents is 1. The second kappa shape index (κ2) is 5.82. The minimum atomic E-state index is -0.821. The van der Waals surface area contributed by atoms with Gasteiger partial charge in [0.05, 0.1) is 5.60 Å². The summed E-state index contributed by atoms with van der Waals surface area (Å²) in [5, 5.41) is 21.4. The van der Waals surface area contributed by atoms with Crippen LogP contribution in [-0.2, 0) is 12.0 Å². The van der Waals surface area contributed by atoms with E-state index in [4.69, 9.17) is 4.74 Å². The molecule has 0 saturated heterocycles. The first-order valence-electron chi connectivity index (χ1n) is 8.91. The van der Waals surface area contributed by atoms with Crippen LogP contribution in [-0.4, -0.2) is 16.3 Å². The Balaban J connectivity index is 1.62. The standard InChI is InChI=1S/C21H24O3/c1-2-6-14-11-19-17(12-18(14)22)16-9-10-21(23,13-20(16)24-19)15-7-4-3-5-8-15/h3-5,7-8,11-12,16,20,22-23H,2,6,9-10,13H2,1H3/t16-,20+,21+/m1/s1. The molecule has 2 aromatic carbocycles. The van der Waals surface area contributed by atoms with Crippen molar-refractivity contribution in [3.8, 4) is 11.5 Å². The summed E-state index contributed by atoms with van der Waals surface area (Å²) < 4.78 is 6.20. The van der Waals surface area contributed by atoms with E-state index in [1.807, 2.05) is 42.5 Å². The third-order valence-electron chi connectivity index (χ3n) is 5.58. The Labute approximate surface area is 142 Å². The SMILES string of the molecule is CCCc1cc2c(cc1O)[C@H]1CC[C@@](O)(c3ccccc3)C[C@@H]1O2. The van der Waals surface area contributed by atoms with Crippen molar-refractivity contribution in [1.29, 1.82) is 0 Å². The molecule has 1 aliphatic carbocycles. The lowest BCUT2D eigenvalue weighted by molar-refractivity contribution is -0.0429. The molecule has 0 amide bonds. The molecular weight excluding hydrogens is 300 g/mol. The topological polar surface area (TPSA) is 49.7 Å². The van der Waals surface area contributed by atoms with Crippen molar-refractivity contribution in [2.24, 2.45) is 0 Å². The van der Waals surface area contributed by atoms with Crippen LogP contribution in [0.15, 0.2) is 42.5 Å². The molecule has 2 aliphatic rings. The smallest absolute Gasteiger partial charge is 0.123 e. The molecule has 0 bridgehead atoms. The van der Waals surface area contributed by atoms with Crippen molar-refractivity contribution in [2.45, 2.75) is 56.7 Å². The van der Waals surface area contributed by atoms with Crippen molar-refractivity contribution in [1.82, 2.24) is 0 Å². The van der Waals surface area contributed by atoms with Crippen LogP contribution in [0.2, 0.25) is 0 Å². The van der Waals surface area contributed by atoms with E-state index in [1.165, 1.54) is 0 Å². The van der Waals surface area contributed by atoms with Crippen LogP contribution in [0.3, 0.4) is 0 Å². The van der Waals surface area contributed by atoms with Gasteiger partial charge in [-0.25, -0.2) is 0 Å². The van der Waals surface area contributed by atoms with Gasteiger partial charge in [-0.15, -0.1) is 0 Å². The summed E-state index contributed by atoms with van der Waals surface area (Å²) in [7, 11) is 0. The molecule has 24 heavy (non-hydrogen) atoms. The maximum absolute atomic E-state index is 11.1. The second-order valence-corrected chi connectivity index (χ2v) is 7.17. The largest absolute Gasteiger partial charge is 0.508 e. The van der Waals surface area contributed by atoms with Gasteiger partial charge < -0.3 is 14.9 Å². The molecule has 3 heteroatoms. The predicted octanol–water partition coefficient (Wildman–Crippen LogP) is 4.26. The lowest BCUT2D eigenvalue weighted by Crippen LogP contribution is -2.39. The number of rotatable bonds is 3. The van der Waals surface area contributed by atoms with Gasteiger partial charge in [0.25, 0.3) is 0 Å². The van der Waals surface area contributed by atoms with Crippen LogP contribution >= 0.6 is 0 Å². The van der Waals surface area contributed by atoms with Crippen molar-refractivity contribution in [2.75, 3.05) is 0 Å². The highest BCUT2D eigenvalue weighted by atomic mass is 16.5. The number of hydrogen-bond donors (Lipinski definition) is 2. The van der Waals surface area contributed by atoms with Gasteiger partial charge in [-0.05, 0) is 42.5 Å². The van der Waals surface area contributed by atoms with E-state index in [2.05, 4.69) is 6.92 Å². The minimum Gasteiger partial charge on any atom is -0.508 e. The fraction of sp³-hybridized carbons (Fsp3) is 0.429. The third kappa shape index (κ3) is 2.48. The monoisotopic (exact) mass is 324 g/mol. The Bertz CT molecular complexity index is 740. The van der Waals surface area contributed by atoms with Crippen LogP contribution in [0, 0.1) is 0 Å². The quantitative estimate of drug-likeness (QED) is 0.887. The molecule has 4 rings (SSSR count). The zero-order valence-electron chi connectivity index (χ0n) is 14.0. The molecule has 2 N–H and O–H groups in total. The maximum atomic E-state index is 11.1. The van der Waals surface area contributed by atoms with Gasteiger partial charge >= 0.3 is 0 Å². The Morgan fingerprint density at radius 3 is 2.75 bits per heavy atom. The molecular formula is C21H24O3. The lowest BCUT2D eigenvalue weighted by atomic mass is 9.72. The number of fused-ring (bicyclic) bond motifs is 3. The summed E-state index contributed by atoms with van der Waals surface area (Å²) in [4.78, 5) is 0. The fourth-order valence-electron chi connectivity index (χ4n) is 4.30. The number of aliphatic hydroxyl groups is 1. The Morgan fingerprint density at radius 1 is 1.21 bits per heavy atom.